The second kappa shape index (κ2) is 4.37. The average Bonchev–Trinajstić information content (AvgIpc) is 2.64. The number of pyridine rings is 1. The van der Waals surface area contributed by atoms with Crippen LogP contribution in [0.5, 0.6) is 0 Å². The Morgan fingerprint density at radius 2 is 2.31 bits per heavy atom. The fourth-order valence-corrected chi connectivity index (χ4v) is 1.44. The van der Waals surface area contributed by atoms with Crippen molar-refractivity contribution in [2.75, 3.05) is 5.32 Å². The monoisotopic (exact) mass is 236 g/mol. The maximum Gasteiger partial charge on any atom is 0.261 e. The van der Waals surface area contributed by atoms with E-state index in [0.717, 1.165) is 5.56 Å². The van der Waals surface area contributed by atoms with E-state index in [1.807, 2.05) is 13.0 Å². The van der Waals surface area contributed by atoms with E-state index in [4.69, 9.17) is 16.0 Å². The zero-order chi connectivity index (χ0) is 11.5. The van der Waals surface area contributed by atoms with Gasteiger partial charge in [0.1, 0.15) is 5.82 Å². The number of carbonyl (C=O) groups is 1. The normalized spacial score (nSPS) is 10.1. The molecule has 0 unspecified atom stereocenters. The molecule has 2 heterocycles. The van der Waals surface area contributed by atoms with Crippen LogP contribution in [0.25, 0.3) is 0 Å². The van der Waals surface area contributed by atoms with Gasteiger partial charge in [0.25, 0.3) is 5.91 Å². The Morgan fingerprint density at radius 1 is 1.50 bits per heavy atom. The minimum Gasteiger partial charge on any atom is -0.452 e. The third kappa shape index (κ3) is 2.23. The van der Waals surface area contributed by atoms with Gasteiger partial charge in [-0.1, -0.05) is 0 Å². The van der Waals surface area contributed by atoms with Crippen molar-refractivity contribution in [3.63, 3.8) is 0 Å². The zero-order valence-corrected chi connectivity index (χ0v) is 9.28. The Balaban J connectivity index is 2.17. The zero-order valence-electron chi connectivity index (χ0n) is 8.53. The lowest BCUT2D eigenvalue weighted by Crippen LogP contribution is -2.12. The molecule has 2 rings (SSSR count). The molecule has 0 atom stereocenters. The molecule has 2 aromatic heterocycles. The molecule has 0 bridgehead atoms. The van der Waals surface area contributed by atoms with Crippen LogP contribution in [0.2, 0.25) is 5.22 Å². The lowest BCUT2D eigenvalue weighted by Gasteiger charge is -2.03. The van der Waals surface area contributed by atoms with E-state index in [0.29, 0.717) is 11.4 Å². The summed E-state index contributed by atoms with van der Waals surface area (Å²) in [6, 6.07) is 5.12. The van der Waals surface area contributed by atoms with Crippen LogP contribution in [-0.4, -0.2) is 10.9 Å². The first-order chi connectivity index (χ1) is 7.66. The van der Waals surface area contributed by atoms with E-state index in [9.17, 15) is 4.79 Å². The highest BCUT2D eigenvalue weighted by Crippen LogP contribution is 2.18. The third-order valence-electron chi connectivity index (χ3n) is 2.02. The lowest BCUT2D eigenvalue weighted by atomic mass is 10.3. The maximum atomic E-state index is 11.7. The number of halogens is 1. The molecule has 82 valence electrons. The molecule has 4 nitrogen and oxygen atoms in total. The van der Waals surface area contributed by atoms with Gasteiger partial charge in [-0.25, -0.2) is 4.98 Å². The molecule has 5 heteroatoms. The summed E-state index contributed by atoms with van der Waals surface area (Å²) in [4.78, 5) is 15.7. The van der Waals surface area contributed by atoms with Crippen LogP contribution in [0.3, 0.4) is 0 Å². The summed E-state index contributed by atoms with van der Waals surface area (Å²) in [6.45, 7) is 1.92. The standard InChI is InChI=1S/C11H9ClN2O2/c1-7-2-4-13-9(6-7)14-11(15)8-3-5-16-10(8)12/h2-6H,1H3,(H,13,14,15). The van der Waals surface area contributed by atoms with Gasteiger partial charge in [0.2, 0.25) is 5.22 Å². The Bertz CT molecular complexity index is 522. The molecule has 0 saturated carbocycles. The van der Waals surface area contributed by atoms with Gasteiger partial charge in [-0.2, -0.15) is 0 Å². The Kier molecular flexibility index (Phi) is 2.92. The van der Waals surface area contributed by atoms with Crippen molar-refractivity contribution in [3.05, 3.63) is 47.0 Å². The number of amides is 1. The van der Waals surface area contributed by atoms with E-state index in [-0.39, 0.29) is 11.1 Å². The number of hydrogen-bond donors (Lipinski definition) is 1. The highest BCUT2D eigenvalue weighted by Gasteiger charge is 2.13. The lowest BCUT2D eigenvalue weighted by molar-refractivity contribution is 0.102. The van der Waals surface area contributed by atoms with Gasteiger partial charge >= 0.3 is 0 Å². The van der Waals surface area contributed by atoms with Crippen molar-refractivity contribution in [3.8, 4) is 0 Å². The molecule has 0 radical (unpaired) electrons. The minimum absolute atomic E-state index is 0.0742. The number of hydrogen-bond acceptors (Lipinski definition) is 3. The van der Waals surface area contributed by atoms with Crippen LogP contribution in [0.4, 0.5) is 5.82 Å². The van der Waals surface area contributed by atoms with E-state index < -0.39 is 0 Å². The SMILES string of the molecule is Cc1ccnc(NC(=O)c2ccoc2Cl)c1. The largest absolute Gasteiger partial charge is 0.452 e. The van der Waals surface area contributed by atoms with Gasteiger partial charge in [0, 0.05) is 6.20 Å². The van der Waals surface area contributed by atoms with Crippen LogP contribution in [0, 0.1) is 6.92 Å². The topological polar surface area (TPSA) is 55.1 Å². The number of nitrogens with one attached hydrogen (secondary N) is 1. The van der Waals surface area contributed by atoms with Gasteiger partial charge < -0.3 is 9.73 Å². The van der Waals surface area contributed by atoms with Gasteiger partial charge in [0.05, 0.1) is 11.8 Å². The van der Waals surface area contributed by atoms with Crippen molar-refractivity contribution in [1.82, 2.24) is 4.98 Å². The first-order valence-corrected chi connectivity index (χ1v) is 5.01. The fraction of sp³-hybridized carbons (Fsp3) is 0.0909. The number of furan rings is 1. The number of nitrogens with zero attached hydrogens (tertiary/aromatic N) is 1. The number of aryl methyl sites for hydroxylation is 1. The van der Waals surface area contributed by atoms with E-state index in [1.54, 1.807) is 12.3 Å². The summed E-state index contributed by atoms with van der Waals surface area (Å²) in [6.07, 6.45) is 2.99. The van der Waals surface area contributed by atoms with Gasteiger partial charge in [-0.3, -0.25) is 4.79 Å². The van der Waals surface area contributed by atoms with Crippen LogP contribution in [-0.2, 0) is 0 Å². The second-order valence-corrected chi connectivity index (χ2v) is 3.62. The first kappa shape index (κ1) is 10.7. The minimum atomic E-state index is -0.336. The van der Waals surface area contributed by atoms with E-state index in [1.165, 1.54) is 12.3 Å². The molecule has 0 aliphatic heterocycles. The third-order valence-corrected chi connectivity index (χ3v) is 2.31. The highest BCUT2D eigenvalue weighted by atomic mass is 35.5. The molecule has 0 spiro atoms. The number of carbonyl (C=O) groups excluding carboxylic acids is 1. The number of aromatic nitrogens is 1. The Morgan fingerprint density at radius 3 is 2.94 bits per heavy atom. The van der Waals surface area contributed by atoms with Crippen LogP contribution < -0.4 is 5.32 Å². The molecule has 2 aromatic rings. The predicted octanol–water partition coefficient (Wildman–Crippen LogP) is 2.89. The molecular formula is C11H9ClN2O2. The smallest absolute Gasteiger partial charge is 0.261 e. The molecular weight excluding hydrogens is 228 g/mol. The summed E-state index contributed by atoms with van der Waals surface area (Å²) in [5.74, 6) is 0.152. The van der Waals surface area contributed by atoms with Crippen molar-refractivity contribution in [1.29, 1.82) is 0 Å². The van der Waals surface area contributed by atoms with E-state index in [2.05, 4.69) is 10.3 Å². The number of anilines is 1. The predicted molar refractivity (Wildman–Crippen MR) is 60.6 cm³/mol. The maximum absolute atomic E-state index is 11.7. The van der Waals surface area contributed by atoms with Crippen molar-refractivity contribution < 1.29 is 9.21 Å². The van der Waals surface area contributed by atoms with Gasteiger partial charge in [-0.05, 0) is 42.3 Å². The average molecular weight is 237 g/mol. The number of rotatable bonds is 2. The van der Waals surface area contributed by atoms with Crippen molar-refractivity contribution in [2.24, 2.45) is 0 Å². The Labute approximate surface area is 97.2 Å². The molecule has 0 fully saturated rings. The van der Waals surface area contributed by atoms with Crippen molar-refractivity contribution >= 4 is 23.3 Å². The first-order valence-electron chi connectivity index (χ1n) is 4.64. The van der Waals surface area contributed by atoms with Crippen LogP contribution in [0.1, 0.15) is 15.9 Å². The molecule has 16 heavy (non-hydrogen) atoms. The van der Waals surface area contributed by atoms with E-state index >= 15 is 0 Å². The summed E-state index contributed by atoms with van der Waals surface area (Å²) in [5.41, 5.74) is 1.31. The van der Waals surface area contributed by atoms with Gasteiger partial charge in [-0.15, -0.1) is 0 Å². The molecule has 1 amide bonds. The van der Waals surface area contributed by atoms with Crippen molar-refractivity contribution in [2.45, 2.75) is 6.92 Å². The summed E-state index contributed by atoms with van der Waals surface area (Å²) < 4.78 is 4.83. The highest BCUT2D eigenvalue weighted by molar-refractivity contribution is 6.32. The molecule has 0 aliphatic rings. The van der Waals surface area contributed by atoms with Crippen LogP contribution in [0.15, 0.2) is 35.1 Å². The molecule has 0 saturated heterocycles. The summed E-state index contributed by atoms with van der Waals surface area (Å²) in [5, 5.41) is 2.71. The fourth-order valence-electron chi connectivity index (χ4n) is 1.24. The quantitative estimate of drug-likeness (QED) is 0.872. The van der Waals surface area contributed by atoms with Gasteiger partial charge in [0.15, 0.2) is 0 Å². The second-order valence-electron chi connectivity index (χ2n) is 3.28. The molecule has 1 N–H and O–H groups in total. The summed E-state index contributed by atoms with van der Waals surface area (Å²) in [7, 11) is 0. The summed E-state index contributed by atoms with van der Waals surface area (Å²) >= 11 is 5.68. The molecule has 0 aromatic carbocycles. The van der Waals surface area contributed by atoms with Crippen LogP contribution >= 0.6 is 11.6 Å². The Hall–Kier alpha value is -1.81. The molecule has 0 aliphatic carbocycles.